The van der Waals surface area contributed by atoms with Crippen molar-refractivity contribution in [1.82, 2.24) is 10.2 Å². The van der Waals surface area contributed by atoms with E-state index in [1.165, 1.54) is 5.56 Å². The summed E-state index contributed by atoms with van der Waals surface area (Å²) in [5.41, 5.74) is 1.27. The van der Waals surface area contributed by atoms with Gasteiger partial charge in [-0.1, -0.05) is 27.7 Å². The van der Waals surface area contributed by atoms with E-state index in [1.807, 2.05) is 6.92 Å². The van der Waals surface area contributed by atoms with Crippen LogP contribution in [0, 0.1) is 12.8 Å². The molecule has 0 bridgehead atoms. The second kappa shape index (κ2) is 7.11. The van der Waals surface area contributed by atoms with Crippen molar-refractivity contribution < 1.29 is 4.42 Å². The van der Waals surface area contributed by atoms with Gasteiger partial charge in [0.05, 0.1) is 6.54 Å². The number of hydrogen-bond acceptors (Lipinski definition) is 3. The minimum Gasteiger partial charge on any atom is -0.465 e. The van der Waals surface area contributed by atoms with E-state index in [-0.39, 0.29) is 0 Å². The van der Waals surface area contributed by atoms with Crippen molar-refractivity contribution in [2.24, 2.45) is 5.92 Å². The van der Waals surface area contributed by atoms with Gasteiger partial charge in [-0.2, -0.15) is 0 Å². The lowest BCUT2D eigenvalue weighted by molar-refractivity contribution is 0.186. The van der Waals surface area contributed by atoms with Crippen molar-refractivity contribution in [2.45, 2.75) is 66.7 Å². The van der Waals surface area contributed by atoms with Crippen molar-refractivity contribution >= 4 is 0 Å². The minimum atomic E-state index is 0.501. The Morgan fingerprint density at radius 1 is 1.21 bits per heavy atom. The molecule has 1 aromatic heterocycles. The van der Waals surface area contributed by atoms with Crippen molar-refractivity contribution in [2.75, 3.05) is 7.05 Å². The molecular formula is C16H30N2O. The van der Waals surface area contributed by atoms with Crippen LogP contribution in [-0.2, 0) is 13.1 Å². The molecule has 0 spiro atoms. The Balaban J connectivity index is 2.62. The van der Waals surface area contributed by atoms with Crippen LogP contribution in [0.2, 0.25) is 0 Å². The van der Waals surface area contributed by atoms with Crippen LogP contribution < -0.4 is 5.32 Å². The van der Waals surface area contributed by atoms with E-state index in [2.05, 4.69) is 57.9 Å². The van der Waals surface area contributed by atoms with Gasteiger partial charge in [0.15, 0.2) is 0 Å². The Kier molecular flexibility index (Phi) is 6.08. The summed E-state index contributed by atoms with van der Waals surface area (Å²) in [6.07, 6.45) is 0. The summed E-state index contributed by atoms with van der Waals surface area (Å²) >= 11 is 0. The standard InChI is InChI=1S/C16H30N2O/c1-11(2)13(5)18(7)10-16-8-15(14(6)19-16)9-17-12(3)4/h8,11-13,17H,9-10H2,1-7H3. The van der Waals surface area contributed by atoms with Gasteiger partial charge in [0.1, 0.15) is 11.5 Å². The summed E-state index contributed by atoms with van der Waals surface area (Å²) in [5, 5.41) is 3.44. The Hall–Kier alpha value is -0.800. The molecule has 3 nitrogen and oxygen atoms in total. The van der Waals surface area contributed by atoms with Crippen LogP contribution in [-0.4, -0.2) is 24.0 Å². The monoisotopic (exact) mass is 266 g/mol. The van der Waals surface area contributed by atoms with Crippen LogP contribution in [0.3, 0.4) is 0 Å². The highest BCUT2D eigenvalue weighted by Gasteiger charge is 2.16. The molecule has 1 atom stereocenters. The molecule has 3 heteroatoms. The molecule has 0 fully saturated rings. The fourth-order valence-corrected chi connectivity index (χ4v) is 2.05. The van der Waals surface area contributed by atoms with Gasteiger partial charge in [0.2, 0.25) is 0 Å². The van der Waals surface area contributed by atoms with Gasteiger partial charge in [0.25, 0.3) is 0 Å². The minimum absolute atomic E-state index is 0.501. The van der Waals surface area contributed by atoms with Gasteiger partial charge in [-0.05, 0) is 32.9 Å². The number of furan rings is 1. The normalized spacial score (nSPS) is 13.8. The zero-order chi connectivity index (χ0) is 14.6. The van der Waals surface area contributed by atoms with E-state index >= 15 is 0 Å². The lowest BCUT2D eigenvalue weighted by Gasteiger charge is -2.26. The maximum Gasteiger partial charge on any atom is 0.118 e. The number of aryl methyl sites for hydroxylation is 1. The molecule has 1 unspecified atom stereocenters. The summed E-state index contributed by atoms with van der Waals surface area (Å²) in [6, 6.07) is 3.25. The maximum absolute atomic E-state index is 5.87. The molecule has 0 radical (unpaired) electrons. The van der Waals surface area contributed by atoms with E-state index in [1.54, 1.807) is 0 Å². The summed E-state index contributed by atoms with van der Waals surface area (Å²) in [5.74, 6) is 2.75. The average molecular weight is 266 g/mol. The summed E-state index contributed by atoms with van der Waals surface area (Å²) in [6.45, 7) is 14.9. The third-order valence-corrected chi connectivity index (χ3v) is 3.84. The van der Waals surface area contributed by atoms with E-state index in [9.17, 15) is 0 Å². The fraction of sp³-hybridized carbons (Fsp3) is 0.750. The first-order valence-corrected chi connectivity index (χ1v) is 7.33. The predicted octanol–water partition coefficient (Wildman–Crippen LogP) is 3.56. The first kappa shape index (κ1) is 16.3. The van der Waals surface area contributed by atoms with Gasteiger partial charge in [-0.3, -0.25) is 4.90 Å². The number of rotatable bonds is 7. The van der Waals surface area contributed by atoms with Crippen LogP contribution >= 0.6 is 0 Å². The number of hydrogen-bond donors (Lipinski definition) is 1. The SMILES string of the molecule is Cc1oc(CN(C)C(C)C(C)C)cc1CNC(C)C. The Morgan fingerprint density at radius 2 is 1.84 bits per heavy atom. The zero-order valence-corrected chi connectivity index (χ0v) is 13.6. The van der Waals surface area contributed by atoms with Gasteiger partial charge >= 0.3 is 0 Å². The van der Waals surface area contributed by atoms with Gasteiger partial charge in [0, 0.05) is 24.2 Å². The van der Waals surface area contributed by atoms with Crippen molar-refractivity contribution in [1.29, 1.82) is 0 Å². The molecule has 0 amide bonds. The first-order valence-electron chi connectivity index (χ1n) is 7.33. The zero-order valence-electron chi connectivity index (χ0n) is 13.6. The predicted molar refractivity (Wildman–Crippen MR) is 81.2 cm³/mol. The fourth-order valence-electron chi connectivity index (χ4n) is 2.05. The summed E-state index contributed by atoms with van der Waals surface area (Å²) in [7, 11) is 2.16. The van der Waals surface area contributed by atoms with E-state index < -0.39 is 0 Å². The quantitative estimate of drug-likeness (QED) is 0.818. The molecule has 0 saturated carbocycles. The van der Waals surface area contributed by atoms with Gasteiger partial charge < -0.3 is 9.73 Å². The highest BCUT2D eigenvalue weighted by Crippen LogP contribution is 2.18. The average Bonchev–Trinajstić information content (AvgIpc) is 2.65. The Bertz CT molecular complexity index is 382. The first-order chi connectivity index (χ1) is 8.81. The summed E-state index contributed by atoms with van der Waals surface area (Å²) < 4.78 is 5.87. The Morgan fingerprint density at radius 3 is 2.37 bits per heavy atom. The van der Waals surface area contributed by atoms with Crippen molar-refractivity contribution in [3.8, 4) is 0 Å². The highest BCUT2D eigenvalue weighted by atomic mass is 16.3. The van der Waals surface area contributed by atoms with Gasteiger partial charge in [-0.15, -0.1) is 0 Å². The molecule has 0 aliphatic rings. The van der Waals surface area contributed by atoms with Crippen molar-refractivity contribution in [3.63, 3.8) is 0 Å². The summed E-state index contributed by atoms with van der Waals surface area (Å²) in [4.78, 5) is 2.35. The third kappa shape index (κ3) is 5.00. The maximum atomic E-state index is 5.87. The van der Waals surface area contributed by atoms with Crippen molar-refractivity contribution in [3.05, 3.63) is 23.2 Å². The molecule has 0 aromatic carbocycles. The third-order valence-electron chi connectivity index (χ3n) is 3.84. The second-order valence-corrected chi connectivity index (χ2v) is 6.23. The van der Waals surface area contributed by atoms with Crippen LogP contribution in [0.5, 0.6) is 0 Å². The number of nitrogens with one attached hydrogen (secondary N) is 1. The van der Waals surface area contributed by atoms with Crippen LogP contribution in [0.25, 0.3) is 0 Å². The van der Waals surface area contributed by atoms with Crippen LogP contribution in [0.4, 0.5) is 0 Å². The molecule has 1 aromatic rings. The van der Waals surface area contributed by atoms with E-state index in [0.717, 1.165) is 24.6 Å². The molecule has 1 rings (SSSR count). The van der Waals surface area contributed by atoms with Gasteiger partial charge in [-0.25, -0.2) is 0 Å². The lowest BCUT2D eigenvalue weighted by Crippen LogP contribution is -2.32. The number of nitrogens with zero attached hydrogens (tertiary/aromatic N) is 1. The molecule has 1 N–H and O–H groups in total. The largest absolute Gasteiger partial charge is 0.465 e. The Labute approximate surface area is 118 Å². The molecule has 0 aliphatic heterocycles. The van der Waals surface area contributed by atoms with Crippen LogP contribution in [0.1, 0.15) is 51.7 Å². The van der Waals surface area contributed by atoms with E-state index in [4.69, 9.17) is 4.42 Å². The lowest BCUT2D eigenvalue weighted by atomic mass is 10.1. The molecule has 0 saturated heterocycles. The topological polar surface area (TPSA) is 28.4 Å². The molecule has 0 aliphatic carbocycles. The van der Waals surface area contributed by atoms with E-state index in [0.29, 0.717) is 18.0 Å². The smallest absolute Gasteiger partial charge is 0.118 e. The second-order valence-electron chi connectivity index (χ2n) is 6.23. The molecule has 19 heavy (non-hydrogen) atoms. The van der Waals surface area contributed by atoms with Crippen LogP contribution in [0.15, 0.2) is 10.5 Å². The molecule has 110 valence electrons. The molecular weight excluding hydrogens is 236 g/mol. The highest BCUT2D eigenvalue weighted by molar-refractivity contribution is 5.20. The molecule has 1 heterocycles.